The van der Waals surface area contributed by atoms with Gasteiger partial charge in [-0.25, -0.2) is 0 Å². The van der Waals surface area contributed by atoms with Gasteiger partial charge < -0.3 is 14.7 Å². The van der Waals surface area contributed by atoms with Crippen molar-refractivity contribution in [1.82, 2.24) is 4.90 Å². The van der Waals surface area contributed by atoms with Crippen LogP contribution in [0.2, 0.25) is 0 Å². The normalized spacial score (nSPS) is 17.9. The minimum Gasteiger partial charge on any atom is -0.496 e. The van der Waals surface area contributed by atoms with Crippen molar-refractivity contribution in [2.45, 2.75) is 32.3 Å². The fraction of sp³-hybridized carbons (Fsp3) is 0.600. The monoisotopic (exact) mass is 249 g/mol. The molecule has 0 aromatic heterocycles. The minimum absolute atomic E-state index is 0.0792. The lowest BCUT2D eigenvalue weighted by molar-refractivity contribution is 0.0832. The van der Waals surface area contributed by atoms with Gasteiger partial charge >= 0.3 is 0 Å². The van der Waals surface area contributed by atoms with E-state index in [1.54, 1.807) is 7.11 Å². The number of hydrogen-bond donors (Lipinski definition) is 1. The van der Waals surface area contributed by atoms with Gasteiger partial charge in [-0.3, -0.25) is 0 Å². The molecule has 0 radical (unpaired) electrons. The highest BCUT2D eigenvalue weighted by atomic mass is 16.5. The Hall–Kier alpha value is -1.06. The number of piperidine rings is 1. The smallest absolute Gasteiger partial charge is 0.121 e. The molecule has 0 bridgehead atoms. The Labute approximate surface area is 109 Å². The molecule has 1 aromatic carbocycles. The third-order valence-corrected chi connectivity index (χ3v) is 3.73. The zero-order valence-electron chi connectivity index (χ0n) is 11.4. The number of methoxy groups -OCH3 is 1. The molecule has 1 N–H and O–H groups in total. The molecule has 1 aliphatic rings. The minimum atomic E-state index is -0.0792. The second-order valence-corrected chi connectivity index (χ2v) is 5.13. The summed E-state index contributed by atoms with van der Waals surface area (Å²) in [6, 6.07) is 6.40. The predicted molar refractivity (Wildman–Crippen MR) is 73.1 cm³/mol. The second-order valence-electron chi connectivity index (χ2n) is 5.13. The van der Waals surface area contributed by atoms with Crippen LogP contribution < -0.4 is 4.74 Å². The van der Waals surface area contributed by atoms with Crippen LogP contribution in [0.1, 0.15) is 24.0 Å². The van der Waals surface area contributed by atoms with E-state index in [0.29, 0.717) is 0 Å². The van der Waals surface area contributed by atoms with Crippen LogP contribution in [0.25, 0.3) is 0 Å². The van der Waals surface area contributed by atoms with Crippen molar-refractivity contribution in [1.29, 1.82) is 0 Å². The molecule has 0 aliphatic carbocycles. The molecule has 1 saturated heterocycles. The zero-order valence-corrected chi connectivity index (χ0v) is 11.4. The Bertz CT molecular complexity index is 384. The summed E-state index contributed by atoms with van der Waals surface area (Å²) in [7, 11) is 1.71. The number of hydrogen-bond acceptors (Lipinski definition) is 3. The van der Waals surface area contributed by atoms with Crippen molar-refractivity contribution in [3.63, 3.8) is 0 Å². The maximum absolute atomic E-state index is 9.47. The van der Waals surface area contributed by atoms with Gasteiger partial charge in [-0.2, -0.15) is 0 Å². The van der Waals surface area contributed by atoms with Gasteiger partial charge in [-0.05, 0) is 43.4 Å². The summed E-state index contributed by atoms with van der Waals surface area (Å²) in [5, 5.41) is 9.47. The molecule has 3 heteroatoms. The highest BCUT2D eigenvalue weighted by Crippen LogP contribution is 2.19. The number of rotatable bonds is 4. The summed E-state index contributed by atoms with van der Waals surface area (Å²) in [4.78, 5) is 2.44. The SMILES string of the molecule is COc1ccc(CCN2CCC(O)CC2)cc1C. The molecule has 1 fully saturated rings. The van der Waals surface area contributed by atoms with Crippen molar-refractivity contribution < 1.29 is 9.84 Å². The molecule has 0 spiro atoms. The van der Waals surface area contributed by atoms with Crippen molar-refractivity contribution in [3.05, 3.63) is 29.3 Å². The molecule has 0 atom stereocenters. The number of likely N-dealkylation sites (tertiary alicyclic amines) is 1. The third kappa shape index (κ3) is 3.47. The Morgan fingerprint density at radius 1 is 1.33 bits per heavy atom. The number of aryl methyl sites for hydroxylation is 1. The molecule has 2 rings (SSSR count). The summed E-state index contributed by atoms with van der Waals surface area (Å²) in [6.07, 6.45) is 2.83. The van der Waals surface area contributed by atoms with Gasteiger partial charge in [0.05, 0.1) is 13.2 Å². The average molecular weight is 249 g/mol. The van der Waals surface area contributed by atoms with Crippen molar-refractivity contribution >= 4 is 0 Å². The molecular formula is C15H23NO2. The van der Waals surface area contributed by atoms with E-state index in [1.807, 2.05) is 6.07 Å². The maximum atomic E-state index is 9.47. The zero-order chi connectivity index (χ0) is 13.0. The fourth-order valence-electron chi connectivity index (χ4n) is 2.53. The lowest BCUT2D eigenvalue weighted by Gasteiger charge is -2.29. The van der Waals surface area contributed by atoms with Crippen LogP contribution in [0.5, 0.6) is 5.75 Å². The highest BCUT2D eigenvalue weighted by molar-refractivity contribution is 5.36. The first-order valence-corrected chi connectivity index (χ1v) is 6.73. The summed E-state index contributed by atoms with van der Waals surface area (Å²) in [6.45, 7) is 5.21. The van der Waals surface area contributed by atoms with E-state index >= 15 is 0 Å². The topological polar surface area (TPSA) is 32.7 Å². The first-order valence-electron chi connectivity index (χ1n) is 6.73. The lowest BCUT2D eigenvalue weighted by atomic mass is 10.1. The van der Waals surface area contributed by atoms with Gasteiger partial charge in [0.1, 0.15) is 5.75 Å². The largest absolute Gasteiger partial charge is 0.496 e. The highest BCUT2D eigenvalue weighted by Gasteiger charge is 2.16. The second kappa shape index (κ2) is 6.21. The van der Waals surface area contributed by atoms with Crippen LogP contribution in [0.15, 0.2) is 18.2 Å². The van der Waals surface area contributed by atoms with E-state index in [2.05, 4.69) is 24.0 Å². The van der Waals surface area contributed by atoms with E-state index in [4.69, 9.17) is 4.74 Å². The molecule has 0 unspecified atom stereocenters. The Morgan fingerprint density at radius 2 is 2.06 bits per heavy atom. The molecule has 0 amide bonds. The van der Waals surface area contributed by atoms with Crippen molar-refractivity contribution in [2.24, 2.45) is 0 Å². The first kappa shape index (κ1) is 13.4. The molecule has 1 aliphatic heterocycles. The van der Waals surface area contributed by atoms with Crippen LogP contribution in [-0.4, -0.2) is 42.9 Å². The predicted octanol–water partition coefficient (Wildman–Crippen LogP) is 2.00. The van der Waals surface area contributed by atoms with E-state index in [1.165, 1.54) is 11.1 Å². The Morgan fingerprint density at radius 3 is 2.67 bits per heavy atom. The number of aliphatic hydroxyl groups is 1. The molecular weight excluding hydrogens is 226 g/mol. The molecule has 1 heterocycles. The molecule has 100 valence electrons. The first-order chi connectivity index (χ1) is 8.69. The van der Waals surface area contributed by atoms with E-state index in [9.17, 15) is 5.11 Å². The third-order valence-electron chi connectivity index (χ3n) is 3.73. The maximum Gasteiger partial charge on any atom is 0.121 e. The molecule has 18 heavy (non-hydrogen) atoms. The van der Waals surface area contributed by atoms with Crippen LogP contribution >= 0.6 is 0 Å². The van der Waals surface area contributed by atoms with E-state index < -0.39 is 0 Å². The number of aliphatic hydroxyl groups excluding tert-OH is 1. The van der Waals surface area contributed by atoms with Gasteiger partial charge in [0, 0.05) is 19.6 Å². The van der Waals surface area contributed by atoms with Crippen LogP contribution in [0.3, 0.4) is 0 Å². The molecule has 3 nitrogen and oxygen atoms in total. The van der Waals surface area contributed by atoms with E-state index in [0.717, 1.165) is 44.6 Å². The number of ether oxygens (including phenoxy) is 1. The van der Waals surface area contributed by atoms with Gasteiger partial charge in [-0.15, -0.1) is 0 Å². The lowest BCUT2D eigenvalue weighted by Crippen LogP contribution is -2.37. The van der Waals surface area contributed by atoms with Crippen LogP contribution in [-0.2, 0) is 6.42 Å². The van der Waals surface area contributed by atoms with Crippen molar-refractivity contribution in [2.75, 3.05) is 26.7 Å². The average Bonchev–Trinajstić information content (AvgIpc) is 2.38. The van der Waals surface area contributed by atoms with Gasteiger partial charge in [-0.1, -0.05) is 12.1 Å². The molecule has 0 saturated carbocycles. The summed E-state index contributed by atoms with van der Waals surface area (Å²) in [5.74, 6) is 0.958. The number of nitrogens with zero attached hydrogens (tertiary/aromatic N) is 1. The van der Waals surface area contributed by atoms with Gasteiger partial charge in [0.15, 0.2) is 0 Å². The quantitative estimate of drug-likeness (QED) is 0.886. The summed E-state index contributed by atoms with van der Waals surface area (Å²) >= 11 is 0. The summed E-state index contributed by atoms with van der Waals surface area (Å²) in [5.41, 5.74) is 2.56. The van der Waals surface area contributed by atoms with Crippen LogP contribution in [0.4, 0.5) is 0 Å². The fourth-order valence-corrected chi connectivity index (χ4v) is 2.53. The Balaban J connectivity index is 1.84. The van der Waals surface area contributed by atoms with Crippen LogP contribution in [0, 0.1) is 6.92 Å². The van der Waals surface area contributed by atoms with Crippen molar-refractivity contribution in [3.8, 4) is 5.75 Å². The number of benzene rings is 1. The van der Waals surface area contributed by atoms with Gasteiger partial charge in [0.25, 0.3) is 0 Å². The van der Waals surface area contributed by atoms with Gasteiger partial charge in [0.2, 0.25) is 0 Å². The molecule has 1 aromatic rings. The Kier molecular flexibility index (Phi) is 4.61. The summed E-state index contributed by atoms with van der Waals surface area (Å²) < 4.78 is 5.27. The van der Waals surface area contributed by atoms with E-state index in [-0.39, 0.29) is 6.10 Å². The standard InChI is InChI=1S/C15H23NO2/c1-12-11-13(3-4-15(12)18-2)5-8-16-9-6-14(17)7-10-16/h3-4,11,14,17H,5-10H2,1-2H3.